The molecule has 98 valence electrons. The molecule has 0 aliphatic heterocycles. The van der Waals surface area contributed by atoms with Crippen molar-refractivity contribution in [2.75, 3.05) is 33.4 Å². The van der Waals surface area contributed by atoms with Gasteiger partial charge in [0.1, 0.15) is 0 Å². The molecule has 17 heavy (non-hydrogen) atoms. The molecular formula is C10H18N2O5. The van der Waals surface area contributed by atoms with Crippen molar-refractivity contribution in [2.45, 2.75) is 6.04 Å². The number of aliphatic hydroxyl groups is 1. The van der Waals surface area contributed by atoms with Crippen molar-refractivity contribution >= 4 is 12.0 Å². The summed E-state index contributed by atoms with van der Waals surface area (Å²) >= 11 is 0. The van der Waals surface area contributed by atoms with E-state index in [4.69, 9.17) is 14.9 Å². The highest BCUT2D eigenvalue weighted by molar-refractivity contribution is 5.82. The molecular weight excluding hydrogens is 228 g/mol. The molecule has 7 heteroatoms. The zero-order valence-electron chi connectivity index (χ0n) is 9.76. The minimum atomic E-state index is -1.31. The van der Waals surface area contributed by atoms with Crippen LogP contribution in [0.3, 0.4) is 0 Å². The predicted octanol–water partition coefficient (Wildman–Crippen LogP) is -0.724. The molecule has 0 aromatic rings. The standard InChI is InChI=1S/C10H18N2O5/c1-3-4-12(5-6-17-2)10(16)11-8(7-13)9(14)15/h3,8,13H,1,4-7H2,2H3,(H,11,16)(H,14,15). The number of hydrogen-bond donors (Lipinski definition) is 3. The lowest BCUT2D eigenvalue weighted by Crippen LogP contribution is -2.50. The summed E-state index contributed by atoms with van der Waals surface area (Å²) in [5.74, 6) is -1.29. The largest absolute Gasteiger partial charge is 0.480 e. The molecule has 0 saturated carbocycles. The van der Waals surface area contributed by atoms with Crippen LogP contribution in [0.5, 0.6) is 0 Å². The van der Waals surface area contributed by atoms with Crippen molar-refractivity contribution in [1.29, 1.82) is 0 Å². The van der Waals surface area contributed by atoms with Gasteiger partial charge in [-0.2, -0.15) is 0 Å². The number of carbonyl (C=O) groups is 2. The number of carboxylic acid groups (broad SMARTS) is 1. The van der Waals surface area contributed by atoms with Gasteiger partial charge in [0.2, 0.25) is 0 Å². The highest BCUT2D eigenvalue weighted by atomic mass is 16.5. The maximum absolute atomic E-state index is 11.6. The van der Waals surface area contributed by atoms with Gasteiger partial charge in [-0.15, -0.1) is 6.58 Å². The van der Waals surface area contributed by atoms with Crippen LogP contribution in [0, 0.1) is 0 Å². The highest BCUT2D eigenvalue weighted by Crippen LogP contribution is 1.93. The van der Waals surface area contributed by atoms with E-state index in [0.717, 1.165) is 0 Å². The van der Waals surface area contributed by atoms with Gasteiger partial charge in [0.15, 0.2) is 6.04 Å². The van der Waals surface area contributed by atoms with Gasteiger partial charge in [-0.25, -0.2) is 9.59 Å². The molecule has 0 aliphatic carbocycles. The summed E-state index contributed by atoms with van der Waals surface area (Å²) in [6.07, 6.45) is 1.52. The summed E-state index contributed by atoms with van der Waals surface area (Å²) in [6.45, 7) is 3.75. The van der Waals surface area contributed by atoms with E-state index in [2.05, 4.69) is 11.9 Å². The maximum Gasteiger partial charge on any atom is 0.328 e. The van der Waals surface area contributed by atoms with E-state index in [1.165, 1.54) is 18.1 Å². The average Bonchev–Trinajstić information content (AvgIpc) is 2.30. The van der Waals surface area contributed by atoms with E-state index in [9.17, 15) is 9.59 Å². The third kappa shape index (κ3) is 5.88. The summed E-state index contributed by atoms with van der Waals surface area (Å²) < 4.78 is 4.83. The zero-order valence-corrected chi connectivity index (χ0v) is 9.76. The number of hydrogen-bond acceptors (Lipinski definition) is 4. The van der Waals surface area contributed by atoms with E-state index >= 15 is 0 Å². The van der Waals surface area contributed by atoms with Crippen molar-refractivity contribution < 1.29 is 24.5 Å². The first-order valence-corrected chi connectivity index (χ1v) is 5.05. The molecule has 0 spiro atoms. The smallest absolute Gasteiger partial charge is 0.328 e. The number of carbonyl (C=O) groups excluding carboxylic acids is 1. The molecule has 0 radical (unpaired) electrons. The molecule has 0 aromatic heterocycles. The van der Waals surface area contributed by atoms with Crippen molar-refractivity contribution in [3.63, 3.8) is 0 Å². The summed E-state index contributed by atoms with van der Waals surface area (Å²) in [5.41, 5.74) is 0. The van der Waals surface area contributed by atoms with Crippen LogP contribution in [-0.4, -0.2) is 66.6 Å². The monoisotopic (exact) mass is 246 g/mol. The Bertz CT molecular complexity index is 269. The lowest BCUT2D eigenvalue weighted by atomic mass is 10.3. The van der Waals surface area contributed by atoms with Crippen molar-refractivity contribution in [3.05, 3.63) is 12.7 Å². The number of amides is 2. The normalized spacial score (nSPS) is 11.6. The fourth-order valence-corrected chi connectivity index (χ4v) is 1.06. The van der Waals surface area contributed by atoms with E-state index in [1.54, 1.807) is 0 Å². The Morgan fingerprint density at radius 2 is 2.24 bits per heavy atom. The van der Waals surface area contributed by atoms with Crippen LogP contribution in [-0.2, 0) is 9.53 Å². The number of nitrogens with zero attached hydrogens (tertiary/aromatic N) is 1. The van der Waals surface area contributed by atoms with E-state index < -0.39 is 24.6 Å². The van der Waals surface area contributed by atoms with Crippen LogP contribution < -0.4 is 5.32 Å². The topological polar surface area (TPSA) is 99.1 Å². The van der Waals surface area contributed by atoms with Gasteiger partial charge in [-0.05, 0) is 0 Å². The van der Waals surface area contributed by atoms with Gasteiger partial charge < -0.3 is 25.2 Å². The quantitative estimate of drug-likeness (QED) is 0.491. The van der Waals surface area contributed by atoms with Crippen LogP contribution in [0.1, 0.15) is 0 Å². The number of aliphatic hydroxyl groups excluding tert-OH is 1. The summed E-state index contributed by atoms with van der Waals surface area (Å²) in [5, 5.41) is 19.6. The lowest BCUT2D eigenvalue weighted by molar-refractivity contribution is -0.140. The molecule has 0 saturated heterocycles. The van der Waals surface area contributed by atoms with E-state index in [1.807, 2.05) is 0 Å². The van der Waals surface area contributed by atoms with E-state index in [-0.39, 0.29) is 6.54 Å². The van der Waals surface area contributed by atoms with Crippen LogP contribution >= 0.6 is 0 Å². The first-order chi connectivity index (χ1) is 8.06. The molecule has 1 unspecified atom stereocenters. The van der Waals surface area contributed by atoms with Crippen LogP contribution in [0.2, 0.25) is 0 Å². The summed E-state index contributed by atoms with van der Waals surface area (Å²) in [4.78, 5) is 23.6. The van der Waals surface area contributed by atoms with Gasteiger partial charge in [-0.3, -0.25) is 0 Å². The van der Waals surface area contributed by atoms with E-state index in [0.29, 0.717) is 13.2 Å². The molecule has 2 amide bonds. The molecule has 0 aliphatic rings. The minimum absolute atomic E-state index is 0.271. The molecule has 1 atom stereocenters. The zero-order chi connectivity index (χ0) is 13.3. The number of nitrogens with one attached hydrogen (secondary N) is 1. The first kappa shape index (κ1) is 15.4. The number of rotatable bonds is 8. The fraction of sp³-hybridized carbons (Fsp3) is 0.600. The number of aliphatic carboxylic acids is 1. The Kier molecular flexibility index (Phi) is 7.74. The second kappa shape index (κ2) is 8.54. The highest BCUT2D eigenvalue weighted by Gasteiger charge is 2.21. The Hall–Kier alpha value is -1.60. The SMILES string of the molecule is C=CCN(CCOC)C(=O)NC(CO)C(=O)O. The number of urea groups is 1. The first-order valence-electron chi connectivity index (χ1n) is 5.05. The molecule has 0 heterocycles. The average molecular weight is 246 g/mol. The van der Waals surface area contributed by atoms with Crippen molar-refractivity contribution in [1.82, 2.24) is 10.2 Å². The third-order valence-corrected chi connectivity index (χ3v) is 1.98. The summed E-state index contributed by atoms with van der Waals surface area (Å²) in [7, 11) is 1.50. The van der Waals surface area contributed by atoms with Gasteiger partial charge in [0.25, 0.3) is 0 Å². The predicted molar refractivity (Wildman–Crippen MR) is 60.7 cm³/mol. The Balaban J connectivity index is 4.38. The molecule has 7 nitrogen and oxygen atoms in total. The van der Waals surface area contributed by atoms with Gasteiger partial charge in [-0.1, -0.05) is 6.08 Å². The summed E-state index contributed by atoms with van der Waals surface area (Å²) in [6, 6.07) is -1.89. The Morgan fingerprint density at radius 3 is 2.65 bits per heavy atom. The Labute approximate surface area is 99.7 Å². The van der Waals surface area contributed by atoms with Gasteiger partial charge >= 0.3 is 12.0 Å². The Morgan fingerprint density at radius 1 is 1.59 bits per heavy atom. The van der Waals surface area contributed by atoms with Crippen LogP contribution in [0.4, 0.5) is 4.79 Å². The lowest BCUT2D eigenvalue weighted by Gasteiger charge is -2.23. The second-order valence-corrected chi connectivity index (χ2v) is 3.25. The van der Waals surface area contributed by atoms with Crippen LogP contribution in [0.15, 0.2) is 12.7 Å². The van der Waals surface area contributed by atoms with Gasteiger partial charge in [0.05, 0.1) is 13.2 Å². The minimum Gasteiger partial charge on any atom is -0.480 e. The molecule has 0 bridgehead atoms. The maximum atomic E-state index is 11.6. The van der Waals surface area contributed by atoms with Crippen LogP contribution in [0.25, 0.3) is 0 Å². The number of carboxylic acids is 1. The fourth-order valence-electron chi connectivity index (χ4n) is 1.06. The number of ether oxygens (including phenoxy) is 1. The van der Waals surface area contributed by atoms with Crippen molar-refractivity contribution in [2.24, 2.45) is 0 Å². The molecule has 3 N–H and O–H groups in total. The molecule has 0 aromatic carbocycles. The van der Waals surface area contributed by atoms with Gasteiger partial charge in [0, 0.05) is 20.2 Å². The molecule has 0 rings (SSSR count). The number of methoxy groups -OCH3 is 1. The van der Waals surface area contributed by atoms with Crippen molar-refractivity contribution in [3.8, 4) is 0 Å². The molecule has 0 fully saturated rings. The second-order valence-electron chi connectivity index (χ2n) is 3.25. The third-order valence-electron chi connectivity index (χ3n) is 1.98.